The largest absolute Gasteiger partial charge is 0.330 e. The zero-order chi connectivity index (χ0) is 10.7. The molecule has 0 aliphatic heterocycles. The molecule has 78 valence electrons. The molecule has 0 saturated carbocycles. The molecule has 1 aromatic carbocycles. The lowest BCUT2D eigenvalue weighted by Crippen LogP contribution is -2.03. The molecule has 0 bridgehead atoms. The quantitative estimate of drug-likeness (QED) is 0.832. The molecule has 2 aromatic rings. The number of hydrogen-bond acceptors (Lipinski definition) is 1. The van der Waals surface area contributed by atoms with E-state index in [0.717, 1.165) is 23.3 Å². The first-order valence-corrected chi connectivity index (χ1v) is 5.84. The fraction of sp³-hybridized carbons (Fsp3) is 0.250. The van der Waals surface area contributed by atoms with E-state index in [4.69, 9.17) is 0 Å². The lowest BCUT2D eigenvalue weighted by molar-refractivity contribution is 0.730. The molecule has 2 nitrogen and oxygen atoms in total. The number of rotatable bonds is 3. The Kier molecular flexibility index (Phi) is 3.21. The Bertz CT molecular complexity index is 448. The molecule has 0 atom stereocenters. The molecule has 15 heavy (non-hydrogen) atoms. The minimum Gasteiger partial charge on any atom is -0.330 e. The van der Waals surface area contributed by atoms with Gasteiger partial charge in [0.1, 0.15) is 5.82 Å². The molecule has 0 fully saturated rings. The van der Waals surface area contributed by atoms with Gasteiger partial charge in [-0.15, -0.1) is 0 Å². The van der Waals surface area contributed by atoms with Crippen molar-refractivity contribution in [1.82, 2.24) is 9.55 Å². The van der Waals surface area contributed by atoms with Crippen molar-refractivity contribution in [2.45, 2.75) is 19.9 Å². The number of imidazole rings is 1. The van der Waals surface area contributed by atoms with Crippen LogP contribution in [0.2, 0.25) is 0 Å². The maximum absolute atomic E-state index is 4.31. The fourth-order valence-corrected chi connectivity index (χ4v) is 2.02. The van der Waals surface area contributed by atoms with Crippen LogP contribution >= 0.6 is 15.9 Å². The van der Waals surface area contributed by atoms with Crippen LogP contribution in [0, 0.1) is 0 Å². The fourth-order valence-electron chi connectivity index (χ4n) is 1.61. The minimum atomic E-state index is 0.880. The molecule has 0 spiro atoms. The van der Waals surface area contributed by atoms with Gasteiger partial charge in [0.25, 0.3) is 0 Å². The molecule has 0 amide bonds. The van der Waals surface area contributed by atoms with Crippen LogP contribution in [0.4, 0.5) is 0 Å². The average Bonchev–Trinajstić information content (AvgIpc) is 2.69. The van der Waals surface area contributed by atoms with Crippen LogP contribution in [0.1, 0.15) is 18.3 Å². The van der Waals surface area contributed by atoms with Crippen LogP contribution in [0.15, 0.2) is 41.1 Å². The van der Waals surface area contributed by atoms with Crippen molar-refractivity contribution < 1.29 is 0 Å². The maximum atomic E-state index is 4.31. The van der Waals surface area contributed by atoms with Crippen LogP contribution in [-0.4, -0.2) is 9.55 Å². The number of aryl methyl sites for hydroxylation is 1. The Hall–Kier alpha value is -1.09. The van der Waals surface area contributed by atoms with Gasteiger partial charge in [-0.05, 0) is 11.6 Å². The molecule has 1 heterocycles. The van der Waals surface area contributed by atoms with E-state index in [9.17, 15) is 0 Å². The average molecular weight is 265 g/mol. The molecule has 0 aliphatic carbocycles. The predicted octanol–water partition coefficient (Wildman–Crippen LogP) is 3.26. The summed E-state index contributed by atoms with van der Waals surface area (Å²) in [4.78, 5) is 4.31. The summed E-state index contributed by atoms with van der Waals surface area (Å²) in [6, 6.07) is 8.28. The molecule has 0 N–H and O–H groups in total. The standard InChI is InChI=1S/C12H13BrN2/c1-2-12-14-7-8-15(12)9-10-5-3-4-6-11(10)13/h3-8H,2,9H2,1H3. The lowest BCUT2D eigenvalue weighted by Gasteiger charge is -2.08. The first-order chi connectivity index (χ1) is 7.31. The Labute approximate surface area is 98.1 Å². The predicted molar refractivity (Wildman–Crippen MR) is 64.8 cm³/mol. The summed E-state index contributed by atoms with van der Waals surface area (Å²) in [5.74, 6) is 1.13. The summed E-state index contributed by atoms with van der Waals surface area (Å²) >= 11 is 3.55. The normalized spacial score (nSPS) is 10.5. The van der Waals surface area contributed by atoms with E-state index < -0.39 is 0 Å². The topological polar surface area (TPSA) is 17.8 Å². The molecule has 1 aromatic heterocycles. The highest BCUT2D eigenvalue weighted by atomic mass is 79.9. The molecule has 0 aliphatic rings. The van der Waals surface area contributed by atoms with E-state index >= 15 is 0 Å². The smallest absolute Gasteiger partial charge is 0.108 e. The second-order valence-electron chi connectivity index (χ2n) is 3.42. The van der Waals surface area contributed by atoms with Gasteiger partial charge in [0.2, 0.25) is 0 Å². The summed E-state index contributed by atoms with van der Waals surface area (Å²) in [5, 5.41) is 0. The second-order valence-corrected chi connectivity index (χ2v) is 4.27. The Morgan fingerprint density at radius 2 is 2.13 bits per heavy atom. The highest BCUT2D eigenvalue weighted by Gasteiger charge is 2.03. The number of nitrogens with zero attached hydrogens (tertiary/aromatic N) is 2. The van der Waals surface area contributed by atoms with Crippen LogP contribution in [0.5, 0.6) is 0 Å². The third-order valence-electron chi connectivity index (χ3n) is 2.42. The van der Waals surface area contributed by atoms with Crippen LogP contribution in [-0.2, 0) is 13.0 Å². The SMILES string of the molecule is CCc1nccn1Cc1ccccc1Br. The minimum absolute atomic E-state index is 0.880. The van der Waals surface area contributed by atoms with Gasteiger partial charge in [0, 0.05) is 29.8 Å². The van der Waals surface area contributed by atoms with Crippen LogP contribution < -0.4 is 0 Å². The monoisotopic (exact) mass is 264 g/mol. The van der Waals surface area contributed by atoms with Crippen LogP contribution in [0.3, 0.4) is 0 Å². The summed E-state index contributed by atoms with van der Waals surface area (Å²) < 4.78 is 3.33. The van der Waals surface area contributed by atoms with Gasteiger partial charge in [-0.25, -0.2) is 4.98 Å². The summed E-state index contributed by atoms with van der Waals surface area (Å²) in [7, 11) is 0. The third-order valence-corrected chi connectivity index (χ3v) is 3.19. The maximum Gasteiger partial charge on any atom is 0.108 e. The zero-order valence-electron chi connectivity index (χ0n) is 8.65. The van der Waals surface area contributed by atoms with Gasteiger partial charge in [-0.3, -0.25) is 0 Å². The zero-order valence-corrected chi connectivity index (χ0v) is 10.2. The van der Waals surface area contributed by atoms with Crippen molar-refractivity contribution >= 4 is 15.9 Å². The van der Waals surface area contributed by atoms with Crippen molar-refractivity contribution in [1.29, 1.82) is 0 Å². The number of halogens is 1. The van der Waals surface area contributed by atoms with E-state index in [-0.39, 0.29) is 0 Å². The van der Waals surface area contributed by atoms with E-state index in [1.807, 2.05) is 18.5 Å². The first-order valence-electron chi connectivity index (χ1n) is 5.04. The van der Waals surface area contributed by atoms with Crippen molar-refractivity contribution in [2.24, 2.45) is 0 Å². The molecule has 0 radical (unpaired) electrons. The third kappa shape index (κ3) is 2.29. The van der Waals surface area contributed by atoms with Gasteiger partial charge in [-0.2, -0.15) is 0 Å². The van der Waals surface area contributed by atoms with E-state index in [0.29, 0.717) is 0 Å². The van der Waals surface area contributed by atoms with E-state index in [1.165, 1.54) is 5.56 Å². The number of benzene rings is 1. The second kappa shape index (κ2) is 4.62. The molecular weight excluding hydrogens is 252 g/mol. The van der Waals surface area contributed by atoms with Crippen LogP contribution in [0.25, 0.3) is 0 Å². The van der Waals surface area contributed by atoms with Crippen molar-refractivity contribution in [3.63, 3.8) is 0 Å². The summed E-state index contributed by atoms with van der Waals surface area (Å²) in [6.45, 7) is 3.00. The molecule has 0 unspecified atom stereocenters. The Morgan fingerprint density at radius 3 is 2.87 bits per heavy atom. The van der Waals surface area contributed by atoms with E-state index in [1.54, 1.807) is 0 Å². The Morgan fingerprint density at radius 1 is 1.33 bits per heavy atom. The van der Waals surface area contributed by atoms with Gasteiger partial charge < -0.3 is 4.57 Å². The highest BCUT2D eigenvalue weighted by Crippen LogP contribution is 2.17. The highest BCUT2D eigenvalue weighted by molar-refractivity contribution is 9.10. The molecular formula is C12H13BrN2. The van der Waals surface area contributed by atoms with Crippen molar-refractivity contribution in [3.8, 4) is 0 Å². The molecule has 0 saturated heterocycles. The molecule has 2 rings (SSSR count). The molecule has 3 heteroatoms. The van der Waals surface area contributed by atoms with E-state index in [2.05, 4.69) is 50.6 Å². The van der Waals surface area contributed by atoms with Gasteiger partial charge in [0.05, 0.1) is 0 Å². The number of hydrogen-bond donors (Lipinski definition) is 0. The van der Waals surface area contributed by atoms with Gasteiger partial charge in [0.15, 0.2) is 0 Å². The van der Waals surface area contributed by atoms with Crippen molar-refractivity contribution in [3.05, 3.63) is 52.5 Å². The number of aromatic nitrogens is 2. The Balaban J connectivity index is 2.26. The summed E-state index contributed by atoms with van der Waals surface area (Å²) in [6.07, 6.45) is 4.85. The van der Waals surface area contributed by atoms with Crippen molar-refractivity contribution in [2.75, 3.05) is 0 Å². The summed E-state index contributed by atoms with van der Waals surface area (Å²) in [5.41, 5.74) is 1.28. The van der Waals surface area contributed by atoms with Gasteiger partial charge in [-0.1, -0.05) is 41.1 Å². The first kappa shape index (κ1) is 10.4. The lowest BCUT2D eigenvalue weighted by atomic mass is 10.2. The van der Waals surface area contributed by atoms with Gasteiger partial charge >= 0.3 is 0 Å².